The van der Waals surface area contributed by atoms with Crippen LogP contribution in [-0.2, 0) is 0 Å². The topological polar surface area (TPSA) is 44.9 Å². The third-order valence-electron chi connectivity index (χ3n) is 4.79. The zero-order valence-corrected chi connectivity index (χ0v) is 13.2. The molecule has 3 rings (SSSR count). The van der Waals surface area contributed by atoms with Gasteiger partial charge in [-0.05, 0) is 37.1 Å². The molecule has 0 atom stereocenters. The van der Waals surface area contributed by atoms with Crippen LogP contribution in [0.25, 0.3) is 0 Å². The minimum atomic E-state index is -4.21. The van der Waals surface area contributed by atoms with Gasteiger partial charge in [0.1, 0.15) is 5.82 Å². The summed E-state index contributed by atoms with van der Waals surface area (Å²) in [6.45, 7) is 2.18. The van der Waals surface area contributed by atoms with Crippen LogP contribution in [0.1, 0.15) is 12.8 Å². The first-order valence-electron chi connectivity index (χ1n) is 7.93. The van der Waals surface area contributed by atoms with E-state index >= 15 is 0 Å². The summed E-state index contributed by atoms with van der Waals surface area (Å²) in [5.74, 6) is -0.114. The second kappa shape index (κ2) is 6.14. The van der Waals surface area contributed by atoms with Gasteiger partial charge in [0.05, 0.1) is 12.0 Å². The number of nitrogens with two attached hydrogens (primary N) is 1. The van der Waals surface area contributed by atoms with Crippen molar-refractivity contribution in [2.75, 3.05) is 37.6 Å². The molecule has 1 aliphatic heterocycles. The summed E-state index contributed by atoms with van der Waals surface area (Å²) in [5.41, 5.74) is 5.13. The molecule has 1 saturated heterocycles. The van der Waals surface area contributed by atoms with E-state index in [0.717, 1.165) is 5.69 Å². The van der Waals surface area contributed by atoms with Crippen molar-refractivity contribution in [2.45, 2.75) is 19.0 Å². The maximum absolute atomic E-state index is 13.0. The Kier molecular flexibility index (Phi) is 4.31. The van der Waals surface area contributed by atoms with Gasteiger partial charge >= 0.3 is 6.18 Å². The highest BCUT2D eigenvalue weighted by molar-refractivity contribution is 5.78. The number of aliphatic imine (C=N–C) groups is 1. The van der Waals surface area contributed by atoms with Crippen molar-refractivity contribution in [3.63, 3.8) is 0 Å². The van der Waals surface area contributed by atoms with E-state index in [4.69, 9.17) is 5.73 Å². The largest absolute Gasteiger partial charge is 0.396 e. The summed E-state index contributed by atoms with van der Waals surface area (Å²) in [4.78, 5) is 7.87. The van der Waals surface area contributed by atoms with Crippen LogP contribution in [0.4, 0.5) is 23.2 Å². The highest BCUT2D eigenvalue weighted by Crippen LogP contribution is 2.57. The van der Waals surface area contributed by atoms with Gasteiger partial charge in [-0.15, -0.1) is 0 Å². The number of nitrogens with zero attached hydrogens (tertiary/aromatic N) is 3. The Balaban J connectivity index is 1.54. The van der Waals surface area contributed by atoms with Gasteiger partial charge < -0.3 is 15.5 Å². The van der Waals surface area contributed by atoms with E-state index in [1.807, 2.05) is 0 Å². The van der Waals surface area contributed by atoms with Crippen LogP contribution in [0.5, 0.6) is 0 Å². The Morgan fingerprint density at radius 2 is 1.67 bits per heavy atom. The van der Waals surface area contributed by atoms with Crippen molar-refractivity contribution >= 4 is 11.6 Å². The normalized spacial score (nSPS) is 21.1. The van der Waals surface area contributed by atoms with Crippen molar-refractivity contribution in [3.05, 3.63) is 30.1 Å². The summed E-state index contributed by atoms with van der Waals surface area (Å²) in [7, 11) is 0. The first-order valence-corrected chi connectivity index (χ1v) is 7.93. The summed E-state index contributed by atoms with van der Waals surface area (Å²) < 4.78 is 51.6. The average molecular weight is 344 g/mol. The lowest BCUT2D eigenvalue weighted by Crippen LogP contribution is -2.51. The average Bonchev–Trinajstić information content (AvgIpc) is 3.35. The second-order valence-electron chi connectivity index (χ2n) is 6.40. The Bertz CT molecular complexity index is 599. The van der Waals surface area contributed by atoms with E-state index in [0.29, 0.717) is 26.2 Å². The molecule has 8 heteroatoms. The molecule has 2 N–H and O–H groups in total. The van der Waals surface area contributed by atoms with Gasteiger partial charge in [0.15, 0.2) is 5.96 Å². The van der Waals surface area contributed by atoms with Gasteiger partial charge in [-0.3, -0.25) is 4.99 Å². The number of anilines is 1. The summed E-state index contributed by atoms with van der Waals surface area (Å²) in [5, 5.41) is 0. The Hall–Kier alpha value is -1.99. The van der Waals surface area contributed by atoms with Gasteiger partial charge in [-0.2, -0.15) is 13.2 Å². The third-order valence-corrected chi connectivity index (χ3v) is 4.79. The van der Waals surface area contributed by atoms with Crippen LogP contribution in [0.15, 0.2) is 29.3 Å². The zero-order valence-electron chi connectivity index (χ0n) is 13.2. The molecule has 1 aromatic carbocycles. The number of hydrogen-bond donors (Lipinski definition) is 1. The maximum Gasteiger partial charge on any atom is 0.396 e. The molecule has 0 bridgehead atoms. The van der Waals surface area contributed by atoms with Crippen LogP contribution < -0.4 is 10.6 Å². The number of benzene rings is 1. The minimum absolute atomic E-state index is 0.131. The van der Waals surface area contributed by atoms with Crippen molar-refractivity contribution in [1.82, 2.24) is 4.90 Å². The molecule has 1 aliphatic carbocycles. The number of hydrogen-bond acceptors (Lipinski definition) is 2. The van der Waals surface area contributed by atoms with E-state index in [1.54, 1.807) is 17.0 Å². The van der Waals surface area contributed by atoms with Crippen LogP contribution in [-0.4, -0.2) is 49.8 Å². The van der Waals surface area contributed by atoms with Gasteiger partial charge in [0, 0.05) is 31.9 Å². The SMILES string of the molecule is NC(=NCC1(C(F)(F)F)CC1)N1CCN(c2ccc(F)cc2)CC1. The Morgan fingerprint density at radius 3 is 2.17 bits per heavy atom. The number of alkyl halides is 3. The molecule has 0 aromatic heterocycles. The third kappa shape index (κ3) is 3.42. The first kappa shape index (κ1) is 16.9. The molecule has 4 nitrogen and oxygen atoms in total. The predicted octanol–water partition coefficient (Wildman–Crippen LogP) is 2.60. The molecule has 2 fully saturated rings. The number of rotatable bonds is 3. The van der Waals surface area contributed by atoms with Crippen molar-refractivity contribution in [3.8, 4) is 0 Å². The van der Waals surface area contributed by atoms with Gasteiger partial charge in [-0.25, -0.2) is 4.39 Å². The summed E-state index contributed by atoms with van der Waals surface area (Å²) in [6.07, 6.45) is -3.95. The maximum atomic E-state index is 13.0. The molecule has 24 heavy (non-hydrogen) atoms. The quantitative estimate of drug-likeness (QED) is 0.521. The van der Waals surface area contributed by atoms with E-state index in [1.165, 1.54) is 12.1 Å². The van der Waals surface area contributed by atoms with Crippen molar-refractivity contribution < 1.29 is 17.6 Å². The second-order valence-corrected chi connectivity index (χ2v) is 6.40. The van der Waals surface area contributed by atoms with Crippen LogP contribution in [0, 0.1) is 11.2 Å². The highest BCUT2D eigenvalue weighted by Gasteiger charge is 2.63. The number of piperazine rings is 1. The molecule has 1 saturated carbocycles. The lowest BCUT2D eigenvalue weighted by Gasteiger charge is -2.36. The van der Waals surface area contributed by atoms with E-state index in [-0.39, 0.29) is 31.2 Å². The van der Waals surface area contributed by atoms with Gasteiger partial charge in [-0.1, -0.05) is 0 Å². The predicted molar refractivity (Wildman–Crippen MR) is 84.4 cm³/mol. The molecule has 132 valence electrons. The van der Waals surface area contributed by atoms with E-state index in [9.17, 15) is 17.6 Å². The molecule has 0 spiro atoms. The molecule has 1 heterocycles. The molecule has 0 unspecified atom stereocenters. The molecule has 2 aliphatic rings. The van der Waals surface area contributed by atoms with Crippen LogP contribution in [0.2, 0.25) is 0 Å². The van der Waals surface area contributed by atoms with Gasteiger partial charge in [0.2, 0.25) is 0 Å². The van der Waals surface area contributed by atoms with E-state index in [2.05, 4.69) is 9.89 Å². The molecule has 0 radical (unpaired) electrons. The lowest BCUT2D eigenvalue weighted by molar-refractivity contribution is -0.183. The smallest absolute Gasteiger partial charge is 0.370 e. The fourth-order valence-corrected chi connectivity index (χ4v) is 2.86. The zero-order chi connectivity index (χ0) is 17.4. The first-order chi connectivity index (χ1) is 11.3. The summed E-state index contributed by atoms with van der Waals surface area (Å²) >= 11 is 0. The monoisotopic (exact) mass is 344 g/mol. The standard InChI is InChI=1S/C16H20F4N4/c17-12-1-3-13(4-2-12)23-7-9-24(10-8-23)14(21)22-11-15(5-6-15)16(18,19)20/h1-4H,5-11H2,(H2,21,22). The molecule has 0 amide bonds. The number of guanidine groups is 1. The van der Waals surface area contributed by atoms with Crippen molar-refractivity contribution in [1.29, 1.82) is 0 Å². The summed E-state index contributed by atoms with van der Waals surface area (Å²) in [6, 6.07) is 6.23. The number of halogens is 4. The fraction of sp³-hybridized carbons (Fsp3) is 0.562. The lowest BCUT2D eigenvalue weighted by atomic mass is 10.1. The highest BCUT2D eigenvalue weighted by atomic mass is 19.4. The molecular formula is C16H20F4N4. The Labute approximate surface area is 137 Å². The minimum Gasteiger partial charge on any atom is -0.370 e. The van der Waals surface area contributed by atoms with Crippen LogP contribution in [0.3, 0.4) is 0 Å². The molecular weight excluding hydrogens is 324 g/mol. The van der Waals surface area contributed by atoms with Crippen LogP contribution >= 0.6 is 0 Å². The Morgan fingerprint density at radius 1 is 1.08 bits per heavy atom. The van der Waals surface area contributed by atoms with E-state index < -0.39 is 11.6 Å². The van der Waals surface area contributed by atoms with Gasteiger partial charge in [0.25, 0.3) is 0 Å². The molecule has 1 aromatic rings. The van der Waals surface area contributed by atoms with Crippen molar-refractivity contribution in [2.24, 2.45) is 16.1 Å². The fourth-order valence-electron chi connectivity index (χ4n) is 2.86.